The summed E-state index contributed by atoms with van der Waals surface area (Å²) in [7, 11) is -0.587. The highest BCUT2D eigenvalue weighted by Gasteiger charge is 2.28. The molecule has 2 aromatic carbocycles. The van der Waals surface area contributed by atoms with Crippen LogP contribution in [0.5, 0.6) is 11.5 Å². The zero-order valence-electron chi connectivity index (χ0n) is 18.3. The number of methoxy groups -OCH3 is 2. The Morgan fingerprint density at radius 3 is 2.29 bits per heavy atom. The van der Waals surface area contributed by atoms with Crippen LogP contribution in [0.2, 0.25) is 0 Å². The molecule has 1 saturated heterocycles. The molecule has 0 aliphatic carbocycles. The molecule has 0 radical (unpaired) electrons. The highest BCUT2D eigenvalue weighted by molar-refractivity contribution is 7.89. The molecule has 0 saturated carbocycles. The van der Waals surface area contributed by atoms with Crippen molar-refractivity contribution >= 4 is 15.9 Å². The summed E-state index contributed by atoms with van der Waals surface area (Å²) in [4.78, 5) is 13.2. The van der Waals surface area contributed by atoms with Crippen molar-refractivity contribution in [3.63, 3.8) is 0 Å². The maximum Gasteiger partial charge on any atom is 0.255 e. The first-order valence-electron chi connectivity index (χ1n) is 10.5. The minimum atomic E-state index is -3.65. The van der Waals surface area contributed by atoms with Crippen LogP contribution < -0.4 is 14.8 Å². The average Bonchev–Trinajstić information content (AvgIpc) is 2.82. The number of rotatable bonds is 8. The van der Waals surface area contributed by atoms with Crippen LogP contribution in [0.3, 0.4) is 0 Å². The number of amides is 1. The summed E-state index contributed by atoms with van der Waals surface area (Å²) in [6, 6.07) is 11.7. The van der Waals surface area contributed by atoms with E-state index in [-0.39, 0.29) is 22.4 Å². The monoisotopic (exact) mass is 446 g/mol. The minimum Gasteiger partial charge on any atom is -0.497 e. The number of nitrogens with one attached hydrogen (secondary N) is 1. The van der Waals surface area contributed by atoms with Crippen LogP contribution in [0, 0.1) is 0 Å². The van der Waals surface area contributed by atoms with E-state index in [4.69, 9.17) is 9.47 Å². The molecule has 1 heterocycles. The molecule has 0 spiro atoms. The predicted octanol–water partition coefficient (Wildman–Crippen LogP) is 3.76. The van der Waals surface area contributed by atoms with Gasteiger partial charge in [0, 0.05) is 13.1 Å². The Labute approximate surface area is 184 Å². The van der Waals surface area contributed by atoms with Gasteiger partial charge in [0.25, 0.3) is 5.91 Å². The minimum absolute atomic E-state index is 0.109. The van der Waals surface area contributed by atoms with Crippen molar-refractivity contribution in [1.82, 2.24) is 9.62 Å². The Balaban J connectivity index is 1.87. The number of benzene rings is 2. The maximum absolute atomic E-state index is 13.1. The second kappa shape index (κ2) is 10.2. The number of nitrogens with zero attached hydrogens (tertiary/aromatic N) is 1. The van der Waals surface area contributed by atoms with Gasteiger partial charge in [0.15, 0.2) is 0 Å². The SMILES string of the molecule is CCC(NC(=O)c1cc(S(=O)(=O)N2CCCCC2)ccc1OC)c1ccc(OC)cc1. The number of piperidine rings is 1. The fourth-order valence-electron chi connectivity index (χ4n) is 3.77. The van der Waals surface area contributed by atoms with Gasteiger partial charge in [-0.15, -0.1) is 0 Å². The first-order valence-corrected chi connectivity index (χ1v) is 12.0. The number of ether oxygens (including phenoxy) is 2. The van der Waals surface area contributed by atoms with Gasteiger partial charge in [0.1, 0.15) is 11.5 Å². The molecule has 8 heteroatoms. The molecule has 168 valence electrons. The van der Waals surface area contributed by atoms with Gasteiger partial charge in [0.2, 0.25) is 10.0 Å². The summed E-state index contributed by atoms with van der Waals surface area (Å²) in [5, 5.41) is 3.00. The van der Waals surface area contributed by atoms with Crippen molar-refractivity contribution in [1.29, 1.82) is 0 Å². The molecular formula is C23H30N2O5S. The van der Waals surface area contributed by atoms with Gasteiger partial charge >= 0.3 is 0 Å². The number of hydrogen-bond acceptors (Lipinski definition) is 5. The highest BCUT2D eigenvalue weighted by Crippen LogP contribution is 2.28. The number of hydrogen-bond donors (Lipinski definition) is 1. The molecular weight excluding hydrogens is 416 g/mol. The van der Waals surface area contributed by atoms with Crippen molar-refractivity contribution in [3.05, 3.63) is 53.6 Å². The first kappa shape index (κ1) is 23.1. The van der Waals surface area contributed by atoms with E-state index in [1.807, 2.05) is 31.2 Å². The molecule has 1 aliphatic rings. The van der Waals surface area contributed by atoms with Gasteiger partial charge in [-0.1, -0.05) is 25.5 Å². The zero-order chi connectivity index (χ0) is 22.4. The molecule has 1 aliphatic heterocycles. The van der Waals surface area contributed by atoms with Crippen LogP contribution in [0.4, 0.5) is 0 Å². The van der Waals surface area contributed by atoms with Crippen molar-refractivity contribution in [3.8, 4) is 11.5 Å². The Kier molecular flexibility index (Phi) is 7.56. The van der Waals surface area contributed by atoms with Crippen LogP contribution >= 0.6 is 0 Å². The summed E-state index contributed by atoms with van der Waals surface area (Å²) >= 11 is 0. The summed E-state index contributed by atoms with van der Waals surface area (Å²) in [6.07, 6.45) is 3.41. The molecule has 1 unspecified atom stereocenters. The largest absolute Gasteiger partial charge is 0.497 e. The van der Waals surface area contributed by atoms with Gasteiger partial charge in [-0.2, -0.15) is 4.31 Å². The molecule has 1 amide bonds. The van der Waals surface area contributed by atoms with E-state index in [1.54, 1.807) is 13.2 Å². The van der Waals surface area contributed by atoms with E-state index in [1.165, 1.54) is 23.5 Å². The van der Waals surface area contributed by atoms with Crippen LogP contribution in [-0.4, -0.2) is 45.9 Å². The van der Waals surface area contributed by atoms with Crippen molar-refractivity contribution in [2.75, 3.05) is 27.3 Å². The van der Waals surface area contributed by atoms with Crippen LogP contribution in [0.15, 0.2) is 47.4 Å². The van der Waals surface area contributed by atoms with Crippen LogP contribution in [0.1, 0.15) is 54.6 Å². The third kappa shape index (κ3) is 5.19. The van der Waals surface area contributed by atoms with E-state index in [0.717, 1.165) is 30.6 Å². The standard InChI is InChI=1S/C23H30N2O5S/c1-4-21(17-8-10-18(29-2)11-9-17)24-23(26)20-16-19(12-13-22(20)30-3)31(27,28)25-14-6-5-7-15-25/h8-13,16,21H,4-7,14-15H2,1-3H3,(H,24,26). The lowest BCUT2D eigenvalue weighted by Gasteiger charge is -2.26. The smallest absolute Gasteiger partial charge is 0.255 e. The van der Waals surface area contributed by atoms with E-state index in [9.17, 15) is 13.2 Å². The quantitative estimate of drug-likeness (QED) is 0.667. The maximum atomic E-state index is 13.1. The van der Waals surface area contributed by atoms with Crippen LogP contribution in [0.25, 0.3) is 0 Å². The average molecular weight is 447 g/mol. The normalized spacial score (nSPS) is 15.8. The second-order valence-corrected chi connectivity index (χ2v) is 9.47. The number of carbonyl (C=O) groups is 1. The molecule has 1 atom stereocenters. The van der Waals surface area contributed by atoms with Crippen molar-refractivity contribution < 1.29 is 22.7 Å². The second-order valence-electron chi connectivity index (χ2n) is 7.53. The van der Waals surface area contributed by atoms with E-state index < -0.39 is 10.0 Å². The van der Waals surface area contributed by atoms with E-state index >= 15 is 0 Å². The van der Waals surface area contributed by atoms with Gasteiger partial charge in [-0.25, -0.2) is 8.42 Å². The van der Waals surface area contributed by atoms with Crippen molar-refractivity contribution in [2.45, 2.75) is 43.5 Å². The number of carbonyl (C=O) groups excluding carboxylic acids is 1. The van der Waals surface area contributed by atoms with E-state index in [2.05, 4.69) is 5.32 Å². The van der Waals surface area contributed by atoms with Gasteiger partial charge in [0.05, 0.1) is 30.7 Å². The third-order valence-electron chi connectivity index (χ3n) is 5.60. The Hall–Kier alpha value is -2.58. The summed E-state index contributed by atoms with van der Waals surface area (Å²) in [5.74, 6) is 0.692. The lowest BCUT2D eigenvalue weighted by Crippen LogP contribution is -2.35. The lowest BCUT2D eigenvalue weighted by molar-refractivity contribution is 0.0932. The fraction of sp³-hybridized carbons (Fsp3) is 0.435. The Morgan fingerprint density at radius 1 is 1.03 bits per heavy atom. The topological polar surface area (TPSA) is 84.9 Å². The predicted molar refractivity (Wildman–Crippen MR) is 119 cm³/mol. The molecule has 7 nitrogen and oxygen atoms in total. The molecule has 31 heavy (non-hydrogen) atoms. The fourth-order valence-corrected chi connectivity index (χ4v) is 5.32. The van der Waals surface area contributed by atoms with Crippen molar-refractivity contribution in [2.24, 2.45) is 0 Å². The summed E-state index contributed by atoms with van der Waals surface area (Å²) in [5.41, 5.74) is 1.14. The Morgan fingerprint density at radius 2 is 1.71 bits per heavy atom. The number of sulfonamides is 1. The van der Waals surface area contributed by atoms with Gasteiger partial charge in [-0.05, 0) is 55.2 Å². The Bertz CT molecular complexity index is 999. The van der Waals surface area contributed by atoms with Gasteiger partial charge < -0.3 is 14.8 Å². The van der Waals surface area contributed by atoms with E-state index in [0.29, 0.717) is 25.3 Å². The molecule has 2 aromatic rings. The zero-order valence-corrected chi connectivity index (χ0v) is 19.1. The first-order chi connectivity index (χ1) is 14.9. The molecule has 0 bridgehead atoms. The summed E-state index contributed by atoms with van der Waals surface area (Å²) in [6.45, 7) is 2.99. The molecule has 3 rings (SSSR count). The van der Waals surface area contributed by atoms with Crippen LogP contribution in [-0.2, 0) is 10.0 Å². The summed E-state index contributed by atoms with van der Waals surface area (Å²) < 4.78 is 38.2. The van der Waals surface area contributed by atoms with Gasteiger partial charge in [-0.3, -0.25) is 4.79 Å². The highest BCUT2D eigenvalue weighted by atomic mass is 32.2. The molecule has 1 N–H and O–H groups in total. The lowest BCUT2D eigenvalue weighted by atomic mass is 10.0. The molecule has 1 fully saturated rings. The third-order valence-corrected chi connectivity index (χ3v) is 7.49. The molecule has 0 aromatic heterocycles.